The van der Waals surface area contributed by atoms with Crippen molar-refractivity contribution in [3.8, 4) is 6.07 Å². The van der Waals surface area contributed by atoms with E-state index in [2.05, 4.69) is 4.98 Å². The van der Waals surface area contributed by atoms with Crippen LogP contribution < -0.4 is 0 Å². The third kappa shape index (κ3) is 2.17. The standard InChI is InChI=1S/C9H11N3O/c1-9(2,13)8(3-4-10)12-6-5-11-7-12/h3,5-7,13H,1-2H3. The van der Waals surface area contributed by atoms with Crippen molar-refractivity contribution >= 4 is 5.70 Å². The first-order chi connectivity index (χ1) is 6.05. The summed E-state index contributed by atoms with van der Waals surface area (Å²) >= 11 is 0. The molecule has 1 aromatic rings. The van der Waals surface area contributed by atoms with Crippen molar-refractivity contribution in [2.75, 3.05) is 0 Å². The second-order valence-electron chi connectivity index (χ2n) is 3.19. The monoisotopic (exact) mass is 177 g/mol. The molecule has 0 atom stereocenters. The van der Waals surface area contributed by atoms with Crippen LogP contribution in [0.5, 0.6) is 0 Å². The summed E-state index contributed by atoms with van der Waals surface area (Å²) in [4.78, 5) is 3.84. The molecular formula is C9H11N3O. The molecule has 0 aliphatic heterocycles. The third-order valence-electron chi connectivity index (χ3n) is 1.61. The summed E-state index contributed by atoms with van der Waals surface area (Å²) in [6.45, 7) is 3.24. The molecule has 1 rings (SSSR count). The largest absolute Gasteiger partial charge is 0.384 e. The number of hydrogen-bond acceptors (Lipinski definition) is 3. The molecule has 0 saturated carbocycles. The van der Waals surface area contributed by atoms with E-state index in [-0.39, 0.29) is 0 Å². The Labute approximate surface area is 76.8 Å². The molecule has 0 spiro atoms. The molecule has 0 radical (unpaired) electrons. The average Bonchev–Trinajstić information content (AvgIpc) is 2.49. The van der Waals surface area contributed by atoms with E-state index in [4.69, 9.17) is 5.26 Å². The van der Waals surface area contributed by atoms with Crippen LogP contribution in [0.4, 0.5) is 0 Å². The molecule has 13 heavy (non-hydrogen) atoms. The number of aliphatic hydroxyl groups is 1. The van der Waals surface area contributed by atoms with Crippen molar-refractivity contribution in [1.29, 1.82) is 5.26 Å². The number of nitrogens with zero attached hydrogens (tertiary/aromatic N) is 3. The second-order valence-corrected chi connectivity index (χ2v) is 3.19. The van der Waals surface area contributed by atoms with E-state index in [1.807, 2.05) is 6.07 Å². The van der Waals surface area contributed by atoms with Gasteiger partial charge in [-0.05, 0) is 13.8 Å². The zero-order valence-corrected chi connectivity index (χ0v) is 7.60. The molecule has 0 aromatic carbocycles. The zero-order valence-electron chi connectivity index (χ0n) is 7.60. The minimum atomic E-state index is -1.05. The molecule has 0 unspecified atom stereocenters. The molecule has 1 aromatic heterocycles. The van der Waals surface area contributed by atoms with Crippen molar-refractivity contribution in [1.82, 2.24) is 9.55 Å². The number of aromatic nitrogens is 2. The lowest BCUT2D eigenvalue weighted by Gasteiger charge is -2.21. The Balaban J connectivity index is 3.11. The molecule has 0 bridgehead atoms. The van der Waals surface area contributed by atoms with E-state index in [1.54, 1.807) is 37.1 Å². The molecule has 68 valence electrons. The van der Waals surface area contributed by atoms with Gasteiger partial charge in [0.15, 0.2) is 0 Å². The highest BCUT2D eigenvalue weighted by atomic mass is 16.3. The normalized spacial score (nSPS) is 12.6. The Morgan fingerprint density at radius 1 is 1.69 bits per heavy atom. The molecule has 0 fully saturated rings. The smallest absolute Gasteiger partial charge is 0.100 e. The van der Waals surface area contributed by atoms with E-state index in [0.29, 0.717) is 5.70 Å². The van der Waals surface area contributed by atoms with E-state index in [9.17, 15) is 5.11 Å². The van der Waals surface area contributed by atoms with E-state index in [0.717, 1.165) is 0 Å². The van der Waals surface area contributed by atoms with Crippen LogP contribution in [0.1, 0.15) is 13.8 Å². The number of imidazole rings is 1. The van der Waals surface area contributed by atoms with Gasteiger partial charge >= 0.3 is 0 Å². The Morgan fingerprint density at radius 3 is 2.77 bits per heavy atom. The predicted molar refractivity (Wildman–Crippen MR) is 48.4 cm³/mol. The van der Waals surface area contributed by atoms with Crippen molar-refractivity contribution in [2.24, 2.45) is 0 Å². The summed E-state index contributed by atoms with van der Waals surface area (Å²) in [6.07, 6.45) is 6.13. The SMILES string of the molecule is CC(C)(O)C(=CC#N)n1ccnc1. The van der Waals surface area contributed by atoms with Gasteiger partial charge in [0.2, 0.25) is 0 Å². The molecule has 1 heterocycles. The summed E-state index contributed by atoms with van der Waals surface area (Å²) in [5, 5.41) is 18.2. The Kier molecular flexibility index (Phi) is 2.49. The maximum atomic E-state index is 9.71. The van der Waals surface area contributed by atoms with Crippen LogP contribution in [0.25, 0.3) is 5.70 Å². The van der Waals surface area contributed by atoms with Gasteiger partial charge in [-0.3, -0.25) is 0 Å². The molecule has 0 amide bonds. The van der Waals surface area contributed by atoms with Gasteiger partial charge in [-0.25, -0.2) is 4.98 Å². The topological polar surface area (TPSA) is 61.8 Å². The number of hydrogen-bond donors (Lipinski definition) is 1. The van der Waals surface area contributed by atoms with Gasteiger partial charge in [0, 0.05) is 18.5 Å². The summed E-state index contributed by atoms with van der Waals surface area (Å²) in [6, 6.07) is 1.89. The van der Waals surface area contributed by atoms with Crippen molar-refractivity contribution in [3.05, 3.63) is 24.8 Å². The maximum absolute atomic E-state index is 9.71. The fraction of sp³-hybridized carbons (Fsp3) is 0.333. The quantitative estimate of drug-likeness (QED) is 0.686. The highest BCUT2D eigenvalue weighted by molar-refractivity contribution is 5.56. The first-order valence-electron chi connectivity index (χ1n) is 3.86. The zero-order chi connectivity index (χ0) is 9.90. The average molecular weight is 177 g/mol. The Hall–Kier alpha value is -1.60. The summed E-state index contributed by atoms with van der Waals surface area (Å²) < 4.78 is 1.61. The molecule has 4 nitrogen and oxygen atoms in total. The molecule has 0 aliphatic carbocycles. The molecule has 0 aliphatic rings. The van der Waals surface area contributed by atoms with Gasteiger partial charge < -0.3 is 9.67 Å². The fourth-order valence-electron chi connectivity index (χ4n) is 1.03. The Bertz CT molecular complexity index is 338. The molecule has 4 heteroatoms. The lowest BCUT2D eigenvalue weighted by atomic mass is 10.1. The minimum absolute atomic E-state index is 0.507. The van der Waals surface area contributed by atoms with E-state index in [1.165, 1.54) is 6.08 Å². The first-order valence-corrected chi connectivity index (χ1v) is 3.86. The number of allylic oxidation sites excluding steroid dienone is 1. The third-order valence-corrected chi connectivity index (χ3v) is 1.61. The predicted octanol–water partition coefficient (Wildman–Crippen LogP) is 1.02. The number of nitriles is 1. The van der Waals surface area contributed by atoms with Gasteiger partial charge in [0.05, 0.1) is 18.1 Å². The first kappa shape index (κ1) is 9.49. The fourth-order valence-corrected chi connectivity index (χ4v) is 1.03. The summed E-state index contributed by atoms with van der Waals surface area (Å²) in [7, 11) is 0. The van der Waals surface area contributed by atoms with Crippen molar-refractivity contribution in [3.63, 3.8) is 0 Å². The van der Waals surface area contributed by atoms with Crippen molar-refractivity contribution < 1.29 is 5.11 Å². The molecule has 1 N–H and O–H groups in total. The van der Waals surface area contributed by atoms with Crippen LogP contribution in [0.2, 0.25) is 0 Å². The van der Waals surface area contributed by atoms with Crippen LogP contribution in [0.15, 0.2) is 24.8 Å². The highest BCUT2D eigenvalue weighted by Gasteiger charge is 2.20. The van der Waals surface area contributed by atoms with Gasteiger partial charge in [0.25, 0.3) is 0 Å². The maximum Gasteiger partial charge on any atom is 0.100 e. The van der Waals surface area contributed by atoms with E-state index >= 15 is 0 Å². The van der Waals surface area contributed by atoms with Gasteiger partial charge in [-0.2, -0.15) is 5.26 Å². The highest BCUT2D eigenvalue weighted by Crippen LogP contribution is 2.19. The molecular weight excluding hydrogens is 166 g/mol. The van der Waals surface area contributed by atoms with Crippen LogP contribution in [-0.4, -0.2) is 20.3 Å². The van der Waals surface area contributed by atoms with Crippen LogP contribution in [0.3, 0.4) is 0 Å². The van der Waals surface area contributed by atoms with Crippen LogP contribution in [-0.2, 0) is 0 Å². The van der Waals surface area contributed by atoms with Gasteiger partial charge in [-0.1, -0.05) is 0 Å². The lowest BCUT2D eigenvalue weighted by molar-refractivity contribution is 0.137. The van der Waals surface area contributed by atoms with Crippen molar-refractivity contribution in [2.45, 2.75) is 19.4 Å². The minimum Gasteiger partial charge on any atom is -0.384 e. The molecule has 0 saturated heterocycles. The van der Waals surface area contributed by atoms with Gasteiger partial charge in [0.1, 0.15) is 5.60 Å². The van der Waals surface area contributed by atoms with Gasteiger partial charge in [-0.15, -0.1) is 0 Å². The summed E-state index contributed by atoms with van der Waals surface area (Å²) in [5.74, 6) is 0. The van der Waals surface area contributed by atoms with E-state index < -0.39 is 5.60 Å². The van der Waals surface area contributed by atoms with Crippen LogP contribution >= 0.6 is 0 Å². The lowest BCUT2D eigenvalue weighted by Crippen LogP contribution is -2.24. The number of rotatable bonds is 2. The summed E-state index contributed by atoms with van der Waals surface area (Å²) in [5.41, 5.74) is -0.538. The van der Waals surface area contributed by atoms with Crippen LogP contribution in [0, 0.1) is 11.3 Å². The second kappa shape index (κ2) is 3.42. The Morgan fingerprint density at radius 2 is 2.38 bits per heavy atom.